The predicted molar refractivity (Wildman–Crippen MR) is 77.8 cm³/mol. The van der Waals surface area contributed by atoms with Crippen molar-refractivity contribution < 1.29 is 8.78 Å². The smallest absolute Gasteiger partial charge is 0.126 e. The first-order valence-corrected chi connectivity index (χ1v) is 6.81. The molecule has 0 heterocycles. The molecule has 0 saturated heterocycles. The van der Waals surface area contributed by atoms with E-state index in [0.717, 1.165) is 11.6 Å². The Morgan fingerprint density at radius 2 is 1.55 bits per heavy atom. The van der Waals surface area contributed by atoms with Gasteiger partial charge in [-0.25, -0.2) is 8.78 Å². The maximum absolute atomic E-state index is 13.2. The molecule has 1 unspecified atom stereocenters. The number of benzene rings is 2. The Balaban J connectivity index is 2.15. The van der Waals surface area contributed by atoms with Crippen LogP contribution in [0.25, 0.3) is 0 Å². The molecular formula is C16H16ClF2N. The topological polar surface area (TPSA) is 12.0 Å². The molecule has 0 aliphatic carbocycles. The van der Waals surface area contributed by atoms with E-state index in [4.69, 9.17) is 11.6 Å². The largest absolute Gasteiger partial charge is 0.304 e. The minimum Gasteiger partial charge on any atom is -0.304 e. The van der Waals surface area contributed by atoms with E-state index in [9.17, 15) is 8.78 Å². The third kappa shape index (κ3) is 3.56. The monoisotopic (exact) mass is 295 g/mol. The molecule has 0 saturated carbocycles. The van der Waals surface area contributed by atoms with Gasteiger partial charge in [-0.05, 0) is 43.2 Å². The van der Waals surface area contributed by atoms with Crippen molar-refractivity contribution in [3.05, 3.63) is 70.2 Å². The normalized spacial score (nSPS) is 14.1. The van der Waals surface area contributed by atoms with Crippen molar-refractivity contribution in [2.45, 2.75) is 25.9 Å². The number of rotatable bonds is 4. The SMILES string of the molecule is CC(N[C@@H](C)c1ccccc1Cl)c1cc(F)cc(F)c1. The van der Waals surface area contributed by atoms with Crippen molar-refractivity contribution in [1.29, 1.82) is 0 Å². The van der Waals surface area contributed by atoms with Crippen molar-refractivity contribution in [2.75, 3.05) is 0 Å². The van der Waals surface area contributed by atoms with E-state index in [1.165, 1.54) is 12.1 Å². The second-order valence-electron chi connectivity index (χ2n) is 4.83. The summed E-state index contributed by atoms with van der Waals surface area (Å²) in [5.74, 6) is -1.14. The molecular weight excluding hydrogens is 280 g/mol. The molecule has 0 aromatic heterocycles. The van der Waals surface area contributed by atoms with E-state index in [1.807, 2.05) is 38.1 Å². The molecule has 1 N–H and O–H groups in total. The molecule has 106 valence electrons. The summed E-state index contributed by atoms with van der Waals surface area (Å²) in [4.78, 5) is 0. The van der Waals surface area contributed by atoms with Crippen molar-refractivity contribution in [3.63, 3.8) is 0 Å². The quantitative estimate of drug-likeness (QED) is 0.834. The highest BCUT2D eigenvalue weighted by Gasteiger charge is 2.14. The molecule has 0 radical (unpaired) electrons. The second-order valence-corrected chi connectivity index (χ2v) is 5.24. The van der Waals surface area contributed by atoms with Gasteiger partial charge in [-0.2, -0.15) is 0 Å². The van der Waals surface area contributed by atoms with E-state index < -0.39 is 11.6 Å². The van der Waals surface area contributed by atoms with Crippen LogP contribution in [-0.2, 0) is 0 Å². The zero-order valence-corrected chi connectivity index (χ0v) is 12.1. The summed E-state index contributed by atoms with van der Waals surface area (Å²) in [6.45, 7) is 3.83. The molecule has 0 amide bonds. The van der Waals surface area contributed by atoms with E-state index >= 15 is 0 Å². The zero-order chi connectivity index (χ0) is 14.7. The fourth-order valence-corrected chi connectivity index (χ4v) is 2.51. The van der Waals surface area contributed by atoms with Gasteiger partial charge in [0, 0.05) is 23.2 Å². The van der Waals surface area contributed by atoms with Crippen LogP contribution in [0.3, 0.4) is 0 Å². The van der Waals surface area contributed by atoms with Gasteiger partial charge in [0.25, 0.3) is 0 Å². The first kappa shape index (κ1) is 14.9. The molecule has 0 bridgehead atoms. The summed E-state index contributed by atoms with van der Waals surface area (Å²) >= 11 is 6.14. The molecule has 0 aliphatic rings. The maximum Gasteiger partial charge on any atom is 0.126 e. The lowest BCUT2D eigenvalue weighted by molar-refractivity contribution is 0.487. The average Bonchev–Trinajstić information content (AvgIpc) is 2.37. The van der Waals surface area contributed by atoms with Crippen molar-refractivity contribution >= 4 is 11.6 Å². The van der Waals surface area contributed by atoms with Crippen molar-refractivity contribution in [1.82, 2.24) is 5.32 Å². The van der Waals surface area contributed by atoms with Gasteiger partial charge in [-0.1, -0.05) is 29.8 Å². The number of halogens is 3. The van der Waals surface area contributed by atoms with Gasteiger partial charge in [0.05, 0.1) is 0 Å². The van der Waals surface area contributed by atoms with Crippen LogP contribution < -0.4 is 5.32 Å². The van der Waals surface area contributed by atoms with Crippen molar-refractivity contribution in [2.24, 2.45) is 0 Å². The highest BCUT2D eigenvalue weighted by Crippen LogP contribution is 2.25. The van der Waals surface area contributed by atoms with Crippen LogP contribution in [0.1, 0.15) is 37.1 Å². The lowest BCUT2D eigenvalue weighted by Crippen LogP contribution is -2.23. The van der Waals surface area contributed by atoms with Crippen LogP contribution in [0.4, 0.5) is 8.78 Å². The Labute approximate surface area is 122 Å². The molecule has 4 heteroatoms. The van der Waals surface area contributed by atoms with Crippen LogP contribution in [0, 0.1) is 11.6 Å². The van der Waals surface area contributed by atoms with Gasteiger partial charge >= 0.3 is 0 Å². The predicted octanol–water partition coefficient (Wildman–Crippen LogP) is 5.03. The van der Waals surface area contributed by atoms with Gasteiger partial charge in [0.1, 0.15) is 11.6 Å². The molecule has 0 spiro atoms. The zero-order valence-electron chi connectivity index (χ0n) is 11.3. The van der Waals surface area contributed by atoms with E-state index in [2.05, 4.69) is 5.32 Å². The molecule has 0 aliphatic heterocycles. The van der Waals surface area contributed by atoms with Crippen LogP contribution in [0.15, 0.2) is 42.5 Å². The fraction of sp³-hybridized carbons (Fsp3) is 0.250. The van der Waals surface area contributed by atoms with Crippen molar-refractivity contribution in [3.8, 4) is 0 Å². The summed E-state index contributed by atoms with van der Waals surface area (Å²) in [5.41, 5.74) is 1.53. The lowest BCUT2D eigenvalue weighted by Gasteiger charge is -2.21. The number of hydrogen-bond acceptors (Lipinski definition) is 1. The number of nitrogens with one attached hydrogen (secondary N) is 1. The Morgan fingerprint density at radius 1 is 0.950 bits per heavy atom. The highest BCUT2D eigenvalue weighted by atomic mass is 35.5. The van der Waals surface area contributed by atoms with Crippen LogP contribution >= 0.6 is 11.6 Å². The molecule has 0 fully saturated rings. The molecule has 2 aromatic rings. The Hall–Kier alpha value is -1.45. The average molecular weight is 296 g/mol. The number of hydrogen-bond donors (Lipinski definition) is 1. The summed E-state index contributed by atoms with van der Waals surface area (Å²) in [5, 5.41) is 3.96. The van der Waals surface area contributed by atoms with Crippen LogP contribution in [0.2, 0.25) is 5.02 Å². The third-order valence-electron chi connectivity index (χ3n) is 3.26. The molecule has 2 atom stereocenters. The second kappa shape index (κ2) is 6.33. The van der Waals surface area contributed by atoms with Crippen LogP contribution in [-0.4, -0.2) is 0 Å². The van der Waals surface area contributed by atoms with E-state index in [-0.39, 0.29) is 12.1 Å². The molecule has 1 nitrogen and oxygen atoms in total. The highest BCUT2D eigenvalue weighted by molar-refractivity contribution is 6.31. The Bertz CT molecular complexity index is 581. The minimum absolute atomic E-state index is 0.0231. The molecule has 2 aromatic carbocycles. The molecule has 2 rings (SSSR count). The first-order valence-electron chi connectivity index (χ1n) is 6.44. The van der Waals surface area contributed by atoms with Gasteiger partial charge in [0.2, 0.25) is 0 Å². The summed E-state index contributed by atoms with van der Waals surface area (Å²) in [6.07, 6.45) is 0. The summed E-state index contributed by atoms with van der Waals surface area (Å²) in [7, 11) is 0. The molecule has 20 heavy (non-hydrogen) atoms. The van der Waals surface area contributed by atoms with E-state index in [0.29, 0.717) is 10.6 Å². The van der Waals surface area contributed by atoms with Gasteiger partial charge < -0.3 is 5.32 Å². The standard InChI is InChI=1S/C16H16ClF2N/c1-10(12-7-13(18)9-14(19)8-12)20-11(2)15-5-3-4-6-16(15)17/h3-11,20H,1-2H3/t10?,11-/m0/s1. The maximum atomic E-state index is 13.2. The lowest BCUT2D eigenvalue weighted by atomic mass is 10.0. The van der Waals surface area contributed by atoms with Crippen LogP contribution in [0.5, 0.6) is 0 Å². The summed E-state index contributed by atoms with van der Waals surface area (Å²) < 4.78 is 26.4. The van der Waals surface area contributed by atoms with Gasteiger partial charge in [-0.3, -0.25) is 0 Å². The minimum atomic E-state index is -0.570. The fourth-order valence-electron chi connectivity index (χ4n) is 2.21. The van der Waals surface area contributed by atoms with Gasteiger partial charge in [0.15, 0.2) is 0 Å². The Kier molecular flexibility index (Phi) is 4.73. The van der Waals surface area contributed by atoms with Gasteiger partial charge in [-0.15, -0.1) is 0 Å². The Morgan fingerprint density at radius 3 is 2.15 bits per heavy atom. The van der Waals surface area contributed by atoms with E-state index in [1.54, 1.807) is 0 Å². The first-order chi connectivity index (χ1) is 9.47. The summed E-state index contributed by atoms with van der Waals surface area (Å²) in [6, 6.07) is 10.8. The third-order valence-corrected chi connectivity index (χ3v) is 3.60.